The second-order valence-electron chi connectivity index (χ2n) is 4.05. The number of aliphatic carboxylic acids is 1. The number of rotatable bonds is 5. The number of nitriles is 1. The van der Waals surface area contributed by atoms with E-state index in [-0.39, 0.29) is 0 Å². The van der Waals surface area contributed by atoms with Crippen LogP contribution in [0.3, 0.4) is 0 Å². The van der Waals surface area contributed by atoms with Gasteiger partial charge in [0.15, 0.2) is 0 Å². The third kappa shape index (κ3) is 3.95. The highest BCUT2D eigenvalue weighted by molar-refractivity contribution is 5.91. The van der Waals surface area contributed by atoms with Gasteiger partial charge in [-0.2, -0.15) is 5.26 Å². The molecule has 0 saturated heterocycles. The van der Waals surface area contributed by atoms with Crippen molar-refractivity contribution in [2.24, 2.45) is 0 Å². The Morgan fingerprint density at radius 2 is 2.06 bits per heavy atom. The highest BCUT2D eigenvalue weighted by Crippen LogP contribution is 2.15. The number of benzene rings is 1. The molecular weight excluding hydrogens is 228 g/mol. The van der Waals surface area contributed by atoms with Crippen LogP contribution < -0.4 is 4.90 Å². The molecule has 4 nitrogen and oxygen atoms in total. The van der Waals surface area contributed by atoms with Gasteiger partial charge in [0.1, 0.15) is 0 Å². The molecule has 0 bridgehead atoms. The van der Waals surface area contributed by atoms with E-state index in [2.05, 4.69) is 6.07 Å². The molecule has 4 heteroatoms. The number of hydrogen-bond donors (Lipinski definition) is 1. The van der Waals surface area contributed by atoms with Crippen molar-refractivity contribution in [2.75, 3.05) is 18.5 Å². The molecule has 94 valence electrons. The fraction of sp³-hybridized carbons (Fsp3) is 0.286. The molecule has 18 heavy (non-hydrogen) atoms. The smallest absolute Gasteiger partial charge is 0.331 e. The van der Waals surface area contributed by atoms with Crippen LogP contribution in [0, 0.1) is 11.3 Å². The Kier molecular flexibility index (Phi) is 4.94. The van der Waals surface area contributed by atoms with Crippen molar-refractivity contribution < 1.29 is 9.90 Å². The van der Waals surface area contributed by atoms with E-state index >= 15 is 0 Å². The summed E-state index contributed by atoms with van der Waals surface area (Å²) in [7, 11) is 1.92. The summed E-state index contributed by atoms with van der Waals surface area (Å²) in [6, 6.07) is 9.66. The van der Waals surface area contributed by atoms with Crippen LogP contribution in [0.15, 0.2) is 29.8 Å². The minimum Gasteiger partial charge on any atom is -0.478 e. The molecule has 1 aromatic carbocycles. The monoisotopic (exact) mass is 244 g/mol. The van der Waals surface area contributed by atoms with Gasteiger partial charge in [-0.05, 0) is 30.7 Å². The maximum Gasteiger partial charge on any atom is 0.331 e. The summed E-state index contributed by atoms with van der Waals surface area (Å²) in [6.45, 7) is 2.25. The lowest BCUT2D eigenvalue weighted by molar-refractivity contribution is -0.132. The van der Waals surface area contributed by atoms with Gasteiger partial charge in [0.25, 0.3) is 0 Å². The Labute approximate surface area is 107 Å². The molecule has 0 radical (unpaired) electrons. The van der Waals surface area contributed by atoms with E-state index in [0.29, 0.717) is 18.5 Å². The number of carboxylic acids is 1. The van der Waals surface area contributed by atoms with Crippen molar-refractivity contribution in [1.82, 2.24) is 0 Å². The molecule has 0 amide bonds. The molecule has 0 aliphatic heterocycles. The van der Waals surface area contributed by atoms with Gasteiger partial charge in [-0.1, -0.05) is 12.1 Å². The number of carbonyl (C=O) groups is 1. The van der Waals surface area contributed by atoms with Crippen molar-refractivity contribution in [1.29, 1.82) is 5.26 Å². The second kappa shape index (κ2) is 6.45. The number of carboxylic acid groups (broad SMARTS) is 1. The van der Waals surface area contributed by atoms with Gasteiger partial charge in [0.05, 0.1) is 12.5 Å². The Morgan fingerprint density at radius 3 is 2.56 bits per heavy atom. The van der Waals surface area contributed by atoms with Gasteiger partial charge >= 0.3 is 5.97 Å². The minimum atomic E-state index is -0.912. The summed E-state index contributed by atoms with van der Waals surface area (Å²) in [5, 5.41) is 17.3. The molecule has 0 saturated carbocycles. The van der Waals surface area contributed by atoms with Crippen molar-refractivity contribution in [3.05, 3.63) is 35.4 Å². The predicted molar refractivity (Wildman–Crippen MR) is 71.2 cm³/mol. The third-order valence-corrected chi connectivity index (χ3v) is 2.61. The SMILES string of the molecule is C/C(=C\c1ccc(N(C)CCC#N)cc1)C(=O)O. The first-order chi connectivity index (χ1) is 8.54. The van der Waals surface area contributed by atoms with E-state index in [1.165, 1.54) is 0 Å². The predicted octanol–water partition coefficient (Wildman–Crippen LogP) is 2.52. The lowest BCUT2D eigenvalue weighted by Crippen LogP contribution is -2.17. The van der Waals surface area contributed by atoms with Crippen molar-refractivity contribution in [3.63, 3.8) is 0 Å². The van der Waals surface area contributed by atoms with E-state index in [9.17, 15) is 4.79 Å². The lowest BCUT2D eigenvalue weighted by Gasteiger charge is -2.17. The third-order valence-electron chi connectivity index (χ3n) is 2.61. The van der Waals surface area contributed by atoms with Crippen LogP contribution in [0.1, 0.15) is 18.9 Å². The lowest BCUT2D eigenvalue weighted by atomic mass is 10.1. The number of hydrogen-bond acceptors (Lipinski definition) is 3. The Hall–Kier alpha value is -2.28. The van der Waals surface area contributed by atoms with E-state index < -0.39 is 5.97 Å². The van der Waals surface area contributed by atoms with Gasteiger partial charge in [-0.15, -0.1) is 0 Å². The van der Waals surface area contributed by atoms with Gasteiger partial charge < -0.3 is 10.0 Å². The molecular formula is C14H16N2O2. The van der Waals surface area contributed by atoms with Gasteiger partial charge in [-0.3, -0.25) is 0 Å². The van der Waals surface area contributed by atoms with Crippen molar-refractivity contribution in [2.45, 2.75) is 13.3 Å². The fourth-order valence-electron chi connectivity index (χ4n) is 1.48. The standard InChI is InChI=1S/C14H16N2O2/c1-11(14(17)18)10-12-4-6-13(7-5-12)16(2)9-3-8-15/h4-7,10H,3,9H2,1-2H3,(H,17,18)/b11-10+. The molecule has 0 fully saturated rings. The highest BCUT2D eigenvalue weighted by Gasteiger charge is 2.02. The average Bonchev–Trinajstić information content (AvgIpc) is 2.36. The number of nitrogens with zero attached hydrogens (tertiary/aromatic N) is 2. The highest BCUT2D eigenvalue weighted by atomic mass is 16.4. The van der Waals surface area contributed by atoms with Crippen LogP contribution in [-0.2, 0) is 4.79 Å². The second-order valence-corrected chi connectivity index (χ2v) is 4.05. The molecule has 1 aromatic rings. The Balaban J connectivity index is 2.77. The zero-order chi connectivity index (χ0) is 13.5. The first-order valence-electron chi connectivity index (χ1n) is 5.64. The molecule has 0 unspecified atom stereocenters. The fourth-order valence-corrected chi connectivity index (χ4v) is 1.48. The molecule has 1 rings (SSSR count). The first kappa shape index (κ1) is 13.8. The summed E-state index contributed by atoms with van der Waals surface area (Å²) in [5.41, 5.74) is 2.17. The molecule has 0 aliphatic rings. The van der Waals surface area contributed by atoms with Crippen LogP contribution in [0.5, 0.6) is 0 Å². The van der Waals surface area contributed by atoms with Crippen LogP contribution in [0.4, 0.5) is 5.69 Å². The van der Waals surface area contributed by atoms with E-state index in [1.54, 1.807) is 13.0 Å². The zero-order valence-electron chi connectivity index (χ0n) is 10.6. The van der Waals surface area contributed by atoms with Crippen molar-refractivity contribution >= 4 is 17.7 Å². The van der Waals surface area contributed by atoms with Gasteiger partial charge in [-0.25, -0.2) is 4.79 Å². The van der Waals surface area contributed by atoms with E-state index in [4.69, 9.17) is 10.4 Å². The molecule has 0 aromatic heterocycles. The van der Waals surface area contributed by atoms with E-state index in [0.717, 1.165) is 11.3 Å². The summed E-state index contributed by atoms with van der Waals surface area (Å²) in [4.78, 5) is 12.7. The molecule has 0 atom stereocenters. The van der Waals surface area contributed by atoms with Crippen LogP contribution in [-0.4, -0.2) is 24.7 Å². The van der Waals surface area contributed by atoms with Crippen molar-refractivity contribution in [3.8, 4) is 6.07 Å². The number of anilines is 1. The normalized spacial score (nSPS) is 10.8. The van der Waals surface area contributed by atoms with Crippen LogP contribution in [0.25, 0.3) is 6.08 Å². The van der Waals surface area contributed by atoms with Crippen LogP contribution >= 0.6 is 0 Å². The summed E-state index contributed by atoms with van der Waals surface area (Å²) in [5.74, 6) is -0.912. The maximum absolute atomic E-state index is 10.7. The maximum atomic E-state index is 10.7. The summed E-state index contributed by atoms with van der Waals surface area (Å²) in [6.07, 6.45) is 2.11. The quantitative estimate of drug-likeness (QED) is 0.808. The minimum absolute atomic E-state index is 0.306. The molecule has 0 aliphatic carbocycles. The van der Waals surface area contributed by atoms with Gasteiger partial charge in [0, 0.05) is 24.9 Å². The average molecular weight is 244 g/mol. The Bertz CT molecular complexity index is 484. The summed E-state index contributed by atoms with van der Waals surface area (Å²) < 4.78 is 0. The summed E-state index contributed by atoms with van der Waals surface area (Å²) >= 11 is 0. The molecule has 0 spiro atoms. The molecule has 0 heterocycles. The Morgan fingerprint density at radius 1 is 1.44 bits per heavy atom. The topological polar surface area (TPSA) is 64.3 Å². The first-order valence-corrected chi connectivity index (χ1v) is 5.64. The zero-order valence-corrected chi connectivity index (χ0v) is 10.6. The van der Waals surface area contributed by atoms with E-state index in [1.807, 2.05) is 36.2 Å². The van der Waals surface area contributed by atoms with Gasteiger partial charge in [0.2, 0.25) is 0 Å². The van der Waals surface area contributed by atoms with Crippen LogP contribution in [0.2, 0.25) is 0 Å². The molecule has 1 N–H and O–H groups in total. The largest absolute Gasteiger partial charge is 0.478 e.